The normalized spacial score (nSPS) is 11.6. The minimum atomic E-state index is -0.550. The molecule has 2 aromatic heterocycles. The number of rotatable bonds is 2. The van der Waals surface area contributed by atoms with Gasteiger partial charge >= 0.3 is 0 Å². The van der Waals surface area contributed by atoms with Crippen molar-refractivity contribution in [1.82, 2.24) is 9.78 Å². The maximum atomic E-state index is 11.1. The number of nitrogens with zero attached hydrogens (tertiary/aromatic N) is 2. The molecule has 0 aliphatic heterocycles. The van der Waals surface area contributed by atoms with E-state index in [2.05, 4.69) is 5.10 Å². The van der Waals surface area contributed by atoms with Gasteiger partial charge in [-0.1, -0.05) is 0 Å². The van der Waals surface area contributed by atoms with Crippen molar-refractivity contribution >= 4 is 17.0 Å². The highest BCUT2D eigenvalue weighted by Gasteiger charge is 2.21. The van der Waals surface area contributed by atoms with Gasteiger partial charge in [-0.15, -0.1) is 5.10 Å². The molecule has 0 radical (unpaired) electrons. The largest absolute Gasteiger partial charge is 0.431 e. The molecule has 16 heavy (non-hydrogen) atoms. The van der Waals surface area contributed by atoms with Gasteiger partial charge in [-0.25, -0.2) is 0 Å². The lowest BCUT2D eigenvalue weighted by Crippen LogP contribution is -2.11. The van der Waals surface area contributed by atoms with Crippen molar-refractivity contribution in [2.45, 2.75) is 33.7 Å². The van der Waals surface area contributed by atoms with Crippen LogP contribution in [0.1, 0.15) is 41.7 Å². The maximum Gasteiger partial charge on any atom is 0.284 e. The highest BCUT2D eigenvalue weighted by atomic mass is 16.4. The molecule has 0 fully saturated rings. The number of hydrogen-bond acceptors (Lipinski definition) is 3. The Balaban J connectivity index is 2.74. The van der Waals surface area contributed by atoms with Crippen LogP contribution in [0, 0.1) is 13.8 Å². The number of carbonyl (C=O) groups excluding carboxylic acids is 1. The monoisotopic (exact) mass is 221 g/mol. The quantitative estimate of drug-likeness (QED) is 0.841. The molecule has 0 bridgehead atoms. The lowest BCUT2D eigenvalue weighted by molar-refractivity contribution is 0.0974. The number of amides is 1. The van der Waals surface area contributed by atoms with E-state index in [-0.39, 0.29) is 11.8 Å². The topological polar surface area (TPSA) is 74.1 Å². The highest BCUT2D eigenvalue weighted by Crippen LogP contribution is 2.28. The fourth-order valence-corrected chi connectivity index (χ4v) is 2.02. The number of aryl methyl sites for hydroxylation is 2. The van der Waals surface area contributed by atoms with Gasteiger partial charge in [0.05, 0.1) is 5.39 Å². The Bertz CT molecular complexity index is 563. The lowest BCUT2D eigenvalue weighted by atomic mass is 10.1. The molecule has 0 aromatic carbocycles. The Morgan fingerprint density at radius 1 is 1.44 bits per heavy atom. The Labute approximate surface area is 93.2 Å². The van der Waals surface area contributed by atoms with Crippen molar-refractivity contribution in [3.05, 3.63) is 17.0 Å². The van der Waals surface area contributed by atoms with Crippen LogP contribution in [0.5, 0.6) is 0 Å². The predicted octanol–water partition coefficient (Wildman–Crippen LogP) is 1.93. The number of primary amides is 1. The van der Waals surface area contributed by atoms with Gasteiger partial charge in [0.2, 0.25) is 5.71 Å². The van der Waals surface area contributed by atoms with Crippen molar-refractivity contribution in [3.8, 4) is 0 Å². The molecule has 2 aromatic rings. The fourth-order valence-electron chi connectivity index (χ4n) is 2.02. The van der Waals surface area contributed by atoms with Crippen LogP contribution in [0.2, 0.25) is 0 Å². The average Bonchev–Trinajstić information content (AvgIpc) is 2.66. The smallest absolute Gasteiger partial charge is 0.284 e. The zero-order chi connectivity index (χ0) is 12.0. The molecular weight excluding hydrogens is 206 g/mol. The van der Waals surface area contributed by atoms with Crippen molar-refractivity contribution in [3.63, 3.8) is 0 Å². The van der Waals surface area contributed by atoms with Crippen molar-refractivity contribution in [1.29, 1.82) is 0 Å². The third-order valence-electron chi connectivity index (χ3n) is 2.75. The molecule has 0 aliphatic rings. The number of hydrogen-bond donors (Lipinski definition) is 1. The van der Waals surface area contributed by atoms with Crippen LogP contribution in [-0.4, -0.2) is 15.7 Å². The van der Waals surface area contributed by atoms with Gasteiger partial charge in [-0.05, 0) is 27.7 Å². The highest BCUT2D eigenvalue weighted by molar-refractivity contribution is 5.97. The number of aromatic nitrogens is 2. The molecule has 2 heterocycles. The van der Waals surface area contributed by atoms with E-state index >= 15 is 0 Å². The summed E-state index contributed by atoms with van der Waals surface area (Å²) in [4.78, 5) is 11.1. The third kappa shape index (κ3) is 1.31. The van der Waals surface area contributed by atoms with Gasteiger partial charge in [-0.3, -0.25) is 9.48 Å². The van der Waals surface area contributed by atoms with E-state index in [9.17, 15) is 4.79 Å². The second-order valence-electron chi connectivity index (χ2n) is 4.22. The minimum Gasteiger partial charge on any atom is -0.431 e. The van der Waals surface area contributed by atoms with Gasteiger partial charge in [0.25, 0.3) is 5.91 Å². The van der Waals surface area contributed by atoms with E-state index in [4.69, 9.17) is 10.2 Å². The van der Waals surface area contributed by atoms with Gasteiger partial charge < -0.3 is 10.2 Å². The van der Waals surface area contributed by atoms with Crippen molar-refractivity contribution in [2.24, 2.45) is 5.73 Å². The Morgan fingerprint density at radius 2 is 2.06 bits per heavy atom. The molecule has 0 saturated carbocycles. The Kier molecular flexibility index (Phi) is 2.26. The first kappa shape index (κ1) is 10.7. The fraction of sp³-hybridized carbons (Fsp3) is 0.455. The molecule has 2 rings (SSSR count). The van der Waals surface area contributed by atoms with Crippen LogP contribution in [0.15, 0.2) is 4.42 Å². The van der Waals surface area contributed by atoms with E-state index in [1.165, 1.54) is 0 Å². The number of furan rings is 1. The van der Waals surface area contributed by atoms with Crippen LogP contribution in [0.25, 0.3) is 11.1 Å². The van der Waals surface area contributed by atoms with E-state index in [0.29, 0.717) is 5.71 Å². The van der Waals surface area contributed by atoms with Gasteiger partial charge in [0.1, 0.15) is 0 Å². The van der Waals surface area contributed by atoms with Crippen LogP contribution >= 0.6 is 0 Å². The van der Waals surface area contributed by atoms with Crippen LogP contribution in [0.4, 0.5) is 0 Å². The Hall–Kier alpha value is -1.78. The molecule has 86 valence electrons. The standard InChI is InChI=1S/C11H15N3O2/c1-5(2)14-7(4)8-6(3)9(10(12)15)16-11(8)13-14/h5H,1-4H3,(H2,12,15). The number of fused-ring (bicyclic) bond motifs is 1. The predicted molar refractivity (Wildman–Crippen MR) is 60.4 cm³/mol. The summed E-state index contributed by atoms with van der Waals surface area (Å²) in [6.07, 6.45) is 0. The molecule has 0 aliphatic carbocycles. The van der Waals surface area contributed by atoms with E-state index in [1.807, 2.05) is 32.4 Å². The third-order valence-corrected chi connectivity index (χ3v) is 2.75. The first-order valence-electron chi connectivity index (χ1n) is 5.21. The molecule has 2 N–H and O–H groups in total. The minimum absolute atomic E-state index is 0.205. The molecule has 5 nitrogen and oxygen atoms in total. The van der Waals surface area contributed by atoms with Gasteiger partial charge in [0.15, 0.2) is 5.76 Å². The molecule has 0 unspecified atom stereocenters. The van der Waals surface area contributed by atoms with Crippen LogP contribution < -0.4 is 5.73 Å². The second kappa shape index (κ2) is 3.37. The zero-order valence-corrected chi connectivity index (χ0v) is 9.87. The van der Waals surface area contributed by atoms with E-state index in [0.717, 1.165) is 16.6 Å². The second-order valence-corrected chi connectivity index (χ2v) is 4.22. The van der Waals surface area contributed by atoms with E-state index in [1.54, 1.807) is 0 Å². The zero-order valence-electron chi connectivity index (χ0n) is 9.87. The van der Waals surface area contributed by atoms with Crippen molar-refractivity contribution < 1.29 is 9.21 Å². The summed E-state index contributed by atoms with van der Waals surface area (Å²) in [7, 11) is 0. The van der Waals surface area contributed by atoms with E-state index < -0.39 is 5.91 Å². The molecule has 0 spiro atoms. The summed E-state index contributed by atoms with van der Waals surface area (Å²) in [5, 5.41) is 5.21. The molecule has 0 atom stereocenters. The summed E-state index contributed by atoms with van der Waals surface area (Å²) in [5.41, 5.74) is 7.47. The molecule has 1 amide bonds. The van der Waals surface area contributed by atoms with Gasteiger partial charge in [0, 0.05) is 17.3 Å². The summed E-state index contributed by atoms with van der Waals surface area (Å²) in [6.45, 7) is 7.88. The average molecular weight is 221 g/mol. The molecular formula is C11H15N3O2. The first-order chi connectivity index (χ1) is 7.43. The summed E-state index contributed by atoms with van der Waals surface area (Å²) >= 11 is 0. The molecule has 0 saturated heterocycles. The first-order valence-corrected chi connectivity index (χ1v) is 5.21. The summed E-state index contributed by atoms with van der Waals surface area (Å²) < 4.78 is 7.25. The van der Waals surface area contributed by atoms with Crippen LogP contribution in [-0.2, 0) is 0 Å². The lowest BCUT2D eigenvalue weighted by Gasteiger charge is -2.07. The number of nitrogens with two attached hydrogens (primary N) is 1. The summed E-state index contributed by atoms with van der Waals surface area (Å²) in [5.74, 6) is -0.345. The van der Waals surface area contributed by atoms with Gasteiger partial charge in [-0.2, -0.15) is 0 Å². The van der Waals surface area contributed by atoms with Crippen molar-refractivity contribution in [2.75, 3.05) is 0 Å². The maximum absolute atomic E-state index is 11.1. The number of carbonyl (C=O) groups is 1. The SMILES string of the molecule is Cc1c(C(N)=O)oc2nn(C(C)C)c(C)c12. The van der Waals surface area contributed by atoms with Crippen LogP contribution in [0.3, 0.4) is 0 Å². The molecule has 5 heteroatoms. The summed E-state index contributed by atoms with van der Waals surface area (Å²) in [6, 6.07) is 0.263. The Morgan fingerprint density at radius 3 is 2.50 bits per heavy atom.